The highest BCUT2D eigenvalue weighted by atomic mass is 32.1. The van der Waals surface area contributed by atoms with Crippen LogP contribution in [0.25, 0.3) is 0 Å². The third-order valence-corrected chi connectivity index (χ3v) is 2.35. The quantitative estimate of drug-likeness (QED) is 0.740. The summed E-state index contributed by atoms with van der Waals surface area (Å²) < 4.78 is 0. The van der Waals surface area contributed by atoms with Crippen LogP contribution in [-0.4, -0.2) is 21.8 Å². The average Bonchev–Trinajstić information content (AvgIpc) is 2.65. The van der Waals surface area contributed by atoms with E-state index in [1.807, 2.05) is 0 Å². The normalized spacial score (nSPS) is 14.7. The number of nitrogens with zero attached hydrogens (tertiary/aromatic N) is 1. The van der Waals surface area contributed by atoms with Crippen LogP contribution in [0.5, 0.6) is 0 Å². The van der Waals surface area contributed by atoms with Gasteiger partial charge in [0, 0.05) is 12.0 Å². The second kappa shape index (κ2) is 3.78. The largest absolute Gasteiger partial charge is 0.478 e. The first kappa shape index (κ1) is 9.79. The van der Waals surface area contributed by atoms with Crippen molar-refractivity contribution in [1.82, 2.24) is 5.43 Å². The maximum Gasteiger partial charge on any atom is 0.336 e. The van der Waals surface area contributed by atoms with Gasteiger partial charge in [-0.15, -0.1) is 0 Å². The molecule has 0 bridgehead atoms. The van der Waals surface area contributed by atoms with Gasteiger partial charge in [0.05, 0.1) is 11.3 Å². The molecule has 2 rings (SSSR count). The SMILES string of the molecule is O=C(O)c1ccccc1C1=NNC(=S)C1. The zero-order chi connectivity index (χ0) is 10.8. The number of carboxylic acid groups (broad SMARTS) is 1. The van der Waals surface area contributed by atoms with E-state index < -0.39 is 5.97 Å². The summed E-state index contributed by atoms with van der Waals surface area (Å²) in [4.78, 5) is 11.6. The summed E-state index contributed by atoms with van der Waals surface area (Å²) in [6, 6.07) is 6.76. The van der Waals surface area contributed by atoms with E-state index in [0.29, 0.717) is 22.7 Å². The standard InChI is InChI=1S/C10H8N2O2S/c13-10(14)7-4-2-1-3-6(7)8-5-9(15)12-11-8/h1-4H,5H2,(H,12,15)(H,13,14). The van der Waals surface area contributed by atoms with Crippen molar-refractivity contribution in [2.24, 2.45) is 5.10 Å². The number of hydrogen-bond acceptors (Lipinski definition) is 3. The van der Waals surface area contributed by atoms with Crippen LogP contribution in [-0.2, 0) is 0 Å². The van der Waals surface area contributed by atoms with Crippen molar-refractivity contribution >= 4 is 28.9 Å². The maximum atomic E-state index is 11.0. The second-order valence-electron chi connectivity index (χ2n) is 3.12. The van der Waals surface area contributed by atoms with Gasteiger partial charge in [0.15, 0.2) is 0 Å². The third-order valence-electron chi connectivity index (χ3n) is 2.11. The molecule has 0 aromatic heterocycles. The number of carbonyl (C=O) groups is 1. The van der Waals surface area contributed by atoms with Crippen molar-refractivity contribution in [3.63, 3.8) is 0 Å². The van der Waals surface area contributed by atoms with Crippen molar-refractivity contribution in [2.45, 2.75) is 6.42 Å². The van der Waals surface area contributed by atoms with Crippen molar-refractivity contribution in [1.29, 1.82) is 0 Å². The summed E-state index contributed by atoms with van der Waals surface area (Å²) in [7, 11) is 0. The number of aromatic carboxylic acids is 1. The molecule has 1 aliphatic rings. The molecule has 0 fully saturated rings. The molecule has 4 nitrogen and oxygen atoms in total. The first-order chi connectivity index (χ1) is 7.18. The zero-order valence-corrected chi connectivity index (χ0v) is 8.54. The molecule has 1 aliphatic heterocycles. The maximum absolute atomic E-state index is 11.0. The average molecular weight is 220 g/mol. The summed E-state index contributed by atoms with van der Waals surface area (Å²) in [5.41, 5.74) is 4.21. The molecule has 0 saturated carbocycles. The topological polar surface area (TPSA) is 61.7 Å². The molecule has 1 aromatic carbocycles. The number of hydrazone groups is 1. The van der Waals surface area contributed by atoms with Gasteiger partial charge < -0.3 is 5.11 Å². The Kier molecular flexibility index (Phi) is 2.47. The number of thiocarbonyl (C=S) groups is 1. The lowest BCUT2D eigenvalue weighted by molar-refractivity contribution is 0.0696. The van der Waals surface area contributed by atoms with Gasteiger partial charge in [0.25, 0.3) is 0 Å². The van der Waals surface area contributed by atoms with Gasteiger partial charge >= 0.3 is 5.97 Å². The Morgan fingerprint density at radius 2 is 2.20 bits per heavy atom. The Labute approximate surface area is 91.6 Å². The van der Waals surface area contributed by atoms with Gasteiger partial charge in [-0.3, -0.25) is 5.43 Å². The minimum atomic E-state index is -0.953. The molecule has 0 amide bonds. The summed E-state index contributed by atoms with van der Waals surface area (Å²) in [6.45, 7) is 0. The van der Waals surface area contributed by atoms with Crippen molar-refractivity contribution < 1.29 is 9.90 Å². The van der Waals surface area contributed by atoms with Gasteiger partial charge in [-0.1, -0.05) is 30.4 Å². The summed E-state index contributed by atoms with van der Waals surface area (Å²) >= 11 is 4.93. The van der Waals surface area contributed by atoms with E-state index in [4.69, 9.17) is 17.3 Å². The molecule has 0 atom stereocenters. The highest BCUT2D eigenvalue weighted by Crippen LogP contribution is 2.14. The highest BCUT2D eigenvalue weighted by Gasteiger charge is 2.18. The van der Waals surface area contributed by atoms with Gasteiger partial charge in [0.2, 0.25) is 0 Å². The molecular weight excluding hydrogens is 212 g/mol. The van der Waals surface area contributed by atoms with Gasteiger partial charge in [-0.25, -0.2) is 4.79 Å². The number of benzene rings is 1. The van der Waals surface area contributed by atoms with Crippen LogP contribution in [0.4, 0.5) is 0 Å². The molecule has 15 heavy (non-hydrogen) atoms. The first-order valence-electron chi connectivity index (χ1n) is 4.36. The van der Waals surface area contributed by atoms with Crippen molar-refractivity contribution in [3.05, 3.63) is 35.4 Å². The van der Waals surface area contributed by atoms with E-state index in [1.54, 1.807) is 24.3 Å². The Morgan fingerprint density at radius 3 is 2.80 bits per heavy atom. The van der Waals surface area contributed by atoms with Crippen LogP contribution in [0.15, 0.2) is 29.4 Å². The predicted octanol–water partition coefficient (Wildman–Crippen LogP) is 1.41. The first-order valence-corrected chi connectivity index (χ1v) is 4.77. The number of hydrogen-bond donors (Lipinski definition) is 2. The second-order valence-corrected chi connectivity index (χ2v) is 3.61. The number of carboxylic acids is 1. The number of rotatable bonds is 2. The predicted molar refractivity (Wildman–Crippen MR) is 60.3 cm³/mol. The van der Waals surface area contributed by atoms with E-state index in [2.05, 4.69) is 10.5 Å². The Hall–Kier alpha value is -1.75. The fourth-order valence-corrected chi connectivity index (χ4v) is 1.62. The molecule has 0 spiro atoms. The molecule has 5 heteroatoms. The summed E-state index contributed by atoms with van der Waals surface area (Å²) in [5, 5.41) is 13.0. The third kappa shape index (κ3) is 1.87. The van der Waals surface area contributed by atoms with E-state index >= 15 is 0 Å². The zero-order valence-electron chi connectivity index (χ0n) is 7.73. The lowest BCUT2D eigenvalue weighted by Gasteiger charge is -2.03. The minimum Gasteiger partial charge on any atom is -0.478 e. The lowest BCUT2D eigenvalue weighted by Crippen LogP contribution is -2.09. The van der Waals surface area contributed by atoms with Crippen molar-refractivity contribution in [2.75, 3.05) is 0 Å². The Morgan fingerprint density at radius 1 is 1.47 bits per heavy atom. The molecule has 2 N–H and O–H groups in total. The van der Waals surface area contributed by atoms with Crippen LogP contribution >= 0.6 is 12.2 Å². The van der Waals surface area contributed by atoms with Crippen LogP contribution < -0.4 is 5.43 Å². The molecule has 76 valence electrons. The molecular formula is C10H8N2O2S. The fraction of sp³-hybridized carbons (Fsp3) is 0.100. The van der Waals surface area contributed by atoms with Crippen LogP contribution in [0, 0.1) is 0 Å². The molecule has 0 unspecified atom stereocenters. The molecule has 0 radical (unpaired) electrons. The van der Waals surface area contributed by atoms with Crippen LogP contribution in [0.3, 0.4) is 0 Å². The van der Waals surface area contributed by atoms with Gasteiger partial charge in [-0.05, 0) is 6.07 Å². The lowest BCUT2D eigenvalue weighted by atomic mass is 10.0. The van der Waals surface area contributed by atoms with E-state index in [9.17, 15) is 4.79 Å². The molecule has 1 aromatic rings. The Bertz CT molecular complexity index is 468. The summed E-state index contributed by atoms with van der Waals surface area (Å²) in [6.07, 6.45) is 0.500. The van der Waals surface area contributed by atoms with E-state index in [1.165, 1.54) is 0 Å². The van der Waals surface area contributed by atoms with Crippen LogP contribution in [0.1, 0.15) is 22.3 Å². The van der Waals surface area contributed by atoms with E-state index in [-0.39, 0.29) is 5.56 Å². The monoisotopic (exact) mass is 220 g/mol. The minimum absolute atomic E-state index is 0.253. The van der Waals surface area contributed by atoms with Gasteiger partial charge in [-0.2, -0.15) is 5.10 Å². The van der Waals surface area contributed by atoms with E-state index in [0.717, 1.165) is 0 Å². The smallest absolute Gasteiger partial charge is 0.336 e. The van der Waals surface area contributed by atoms with Crippen molar-refractivity contribution in [3.8, 4) is 0 Å². The van der Waals surface area contributed by atoms with Gasteiger partial charge in [0.1, 0.15) is 4.99 Å². The molecule has 0 aliphatic carbocycles. The number of nitrogens with one attached hydrogen (secondary N) is 1. The Balaban J connectivity index is 2.44. The highest BCUT2D eigenvalue weighted by molar-refractivity contribution is 7.80. The van der Waals surface area contributed by atoms with Crippen LogP contribution in [0.2, 0.25) is 0 Å². The molecule has 1 heterocycles. The fourth-order valence-electron chi connectivity index (χ4n) is 1.44. The summed E-state index contributed by atoms with van der Waals surface area (Å²) in [5.74, 6) is -0.953. The molecule has 0 saturated heterocycles.